The summed E-state index contributed by atoms with van der Waals surface area (Å²) >= 11 is 0. The van der Waals surface area contributed by atoms with Crippen molar-refractivity contribution in [3.05, 3.63) is 41.5 Å². The number of anilines is 3. The lowest BCUT2D eigenvalue weighted by Crippen LogP contribution is -2.13. The van der Waals surface area contributed by atoms with E-state index in [4.69, 9.17) is 11.0 Å². The second-order valence-electron chi connectivity index (χ2n) is 3.93. The number of nitrogens with two attached hydrogens (primary N) is 1. The average Bonchev–Trinajstić information content (AvgIpc) is 2.39. The van der Waals surface area contributed by atoms with Crippen LogP contribution in [0.2, 0.25) is 0 Å². The predicted octanol–water partition coefficient (Wildman–Crippen LogP) is 2.83. The quantitative estimate of drug-likeness (QED) is 0.832. The van der Waals surface area contributed by atoms with Crippen LogP contribution in [-0.2, 0) is 6.18 Å². The molecule has 1 aromatic carbocycles. The van der Waals surface area contributed by atoms with Crippen LogP contribution in [0.5, 0.6) is 0 Å². The Morgan fingerprint density at radius 1 is 1.19 bits per heavy atom. The molecule has 0 aliphatic rings. The first-order valence-corrected chi connectivity index (χ1v) is 5.48. The van der Waals surface area contributed by atoms with E-state index in [1.165, 1.54) is 12.1 Å². The summed E-state index contributed by atoms with van der Waals surface area (Å²) in [6.07, 6.45) is -4.77. The van der Waals surface area contributed by atoms with Gasteiger partial charge >= 0.3 is 6.18 Å². The average molecular weight is 297 g/mol. The summed E-state index contributed by atoms with van der Waals surface area (Å²) in [7, 11) is 0. The summed E-state index contributed by atoms with van der Waals surface area (Å²) in [6.45, 7) is 0. The normalized spacial score (nSPS) is 11.0. The van der Waals surface area contributed by atoms with Gasteiger partial charge in [-0.25, -0.2) is 14.4 Å². The molecule has 21 heavy (non-hydrogen) atoms. The summed E-state index contributed by atoms with van der Waals surface area (Å²) in [5.41, 5.74) is 5.21. The van der Waals surface area contributed by atoms with Crippen LogP contribution in [0.25, 0.3) is 0 Å². The lowest BCUT2D eigenvalue weighted by molar-refractivity contribution is -0.144. The lowest BCUT2D eigenvalue weighted by Gasteiger charge is -2.10. The van der Waals surface area contributed by atoms with Crippen molar-refractivity contribution in [2.45, 2.75) is 6.18 Å². The highest BCUT2D eigenvalue weighted by molar-refractivity contribution is 5.60. The zero-order valence-electron chi connectivity index (χ0n) is 10.2. The Morgan fingerprint density at radius 2 is 1.90 bits per heavy atom. The Morgan fingerprint density at radius 3 is 2.48 bits per heavy atom. The van der Waals surface area contributed by atoms with Crippen LogP contribution in [0.4, 0.5) is 34.9 Å². The molecule has 0 atom stereocenters. The number of nitrogens with zero attached hydrogens (tertiary/aromatic N) is 3. The highest BCUT2D eigenvalue weighted by atomic mass is 19.4. The maximum absolute atomic E-state index is 13.6. The van der Waals surface area contributed by atoms with Gasteiger partial charge in [-0.2, -0.15) is 18.4 Å². The summed E-state index contributed by atoms with van der Waals surface area (Å²) in [6, 6.07) is 6.23. The fraction of sp³-hybridized carbons (Fsp3) is 0.0833. The van der Waals surface area contributed by atoms with E-state index in [-0.39, 0.29) is 17.1 Å². The van der Waals surface area contributed by atoms with E-state index >= 15 is 0 Å². The topological polar surface area (TPSA) is 87.6 Å². The number of nitrogen functional groups attached to an aromatic ring is 1. The molecule has 1 heterocycles. The molecule has 0 radical (unpaired) electrons. The minimum Gasteiger partial charge on any atom is -0.384 e. The van der Waals surface area contributed by atoms with E-state index < -0.39 is 23.6 Å². The zero-order chi connectivity index (χ0) is 15.6. The molecule has 0 aliphatic heterocycles. The SMILES string of the molecule is N#Cc1ccc(Nc2cc(N)nc(C(F)(F)F)n2)c(F)c1. The van der Waals surface area contributed by atoms with Crippen molar-refractivity contribution in [1.82, 2.24) is 9.97 Å². The minimum atomic E-state index is -4.77. The molecule has 0 saturated heterocycles. The van der Waals surface area contributed by atoms with Crippen molar-refractivity contribution < 1.29 is 17.6 Å². The smallest absolute Gasteiger partial charge is 0.384 e. The van der Waals surface area contributed by atoms with Crippen molar-refractivity contribution in [2.75, 3.05) is 11.1 Å². The van der Waals surface area contributed by atoms with Crippen LogP contribution >= 0.6 is 0 Å². The third kappa shape index (κ3) is 3.36. The first kappa shape index (κ1) is 14.5. The fourth-order valence-corrected chi connectivity index (χ4v) is 1.48. The molecule has 0 saturated carbocycles. The number of nitrogens with one attached hydrogen (secondary N) is 1. The Hall–Kier alpha value is -2.89. The van der Waals surface area contributed by atoms with Crippen LogP contribution in [-0.4, -0.2) is 9.97 Å². The molecule has 108 valence electrons. The van der Waals surface area contributed by atoms with Crippen molar-refractivity contribution in [2.24, 2.45) is 0 Å². The Kier molecular flexibility index (Phi) is 3.62. The first-order chi connectivity index (χ1) is 9.79. The van der Waals surface area contributed by atoms with Gasteiger partial charge in [-0.1, -0.05) is 0 Å². The minimum absolute atomic E-state index is 0.0798. The number of hydrogen-bond donors (Lipinski definition) is 2. The molecule has 3 N–H and O–H groups in total. The number of halogens is 4. The molecule has 0 fully saturated rings. The molecule has 0 bridgehead atoms. The highest BCUT2D eigenvalue weighted by Gasteiger charge is 2.35. The highest BCUT2D eigenvalue weighted by Crippen LogP contribution is 2.29. The Labute approximate surface area is 116 Å². The van der Waals surface area contributed by atoms with Gasteiger partial charge in [0.2, 0.25) is 5.82 Å². The largest absolute Gasteiger partial charge is 0.451 e. The van der Waals surface area contributed by atoms with E-state index in [0.29, 0.717) is 0 Å². The summed E-state index contributed by atoms with van der Waals surface area (Å²) < 4.78 is 51.3. The van der Waals surface area contributed by atoms with Crippen molar-refractivity contribution in [1.29, 1.82) is 5.26 Å². The zero-order valence-corrected chi connectivity index (χ0v) is 10.2. The van der Waals surface area contributed by atoms with E-state index in [0.717, 1.165) is 12.1 Å². The summed E-state index contributed by atoms with van der Waals surface area (Å²) in [5.74, 6) is -2.95. The van der Waals surface area contributed by atoms with Gasteiger partial charge in [0, 0.05) is 6.07 Å². The second-order valence-corrected chi connectivity index (χ2v) is 3.93. The van der Waals surface area contributed by atoms with Gasteiger partial charge in [0.1, 0.15) is 17.5 Å². The van der Waals surface area contributed by atoms with Crippen LogP contribution in [0.15, 0.2) is 24.3 Å². The number of alkyl halides is 3. The third-order valence-electron chi connectivity index (χ3n) is 2.36. The molecule has 0 aliphatic carbocycles. The Bertz CT molecular complexity index is 721. The van der Waals surface area contributed by atoms with Gasteiger partial charge in [0.05, 0.1) is 17.3 Å². The van der Waals surface area contributed by atoms with Gasteiger partial charge in [0.15, 0.2) is 0 Å². The van der Waals surface area contributed by atoms with Crippen molar-refractivity contribution in [3.8, 4) is 6.07 Å². The van der Waals surface area contributed by atoms with Crippen LogP contribution < -0.4 is 11.1 Å². The molecule has 0 unspecified atom stereocenters. The molecular formula is C12H7F4N5. The first-order valence-electron chi connectivity index (χ1n) is 5.48. The third-order valence-corrected chi connectivity index (χ3v) is 2.36. The summed E-state index contributed by atoms with van der Waals surface area (Å²) in [5, 5.41) is 11.0. The summed E-state index contributed by atoms with van der Waals surface area (Å²) in [4.78, 5) is 6.29. The standard InChI is InChI=1S/C12H7F4N5/c13-7-3-6(5-17)1-2-8(7)19-10-4-9(18)20-11(21-10)12(14,15)16/h1-4H,(H3,18,19,20,21). The van der Waals surface area contributed by atoms with Gasteiger partial charge in [-0.15, -0.1) is 0 Å². The maximum atomic E-state index is 13.6. The van der Waals surface area contributed by atoms with Gasteiger partial charge in [-0.3, -0.25) is 0 Å². The number of rotatable bonds is 2. The van der Waals surface area contributed by atoms with Gasteiger partial charge in [0.25, 0.3) is 0 Å². The molecular weight excluding hydrogens is 290 g/mol. The lowest BCUT2D eigenvalue weighted by atomic mass is 10.2. The van der Waals surface area contributed by atoms with Gasteiger partial charge in [-0.05, 0) is 18.2 Å². The molecule has 0 spiro atoms. The van der Waals surface area contributed by atoms with E-state index in [1.54, 1.807) is 6.07 Å². The van der Waals surface area contributed by atoms with Crippen LogP contribution in [0.3, 0.4) is 0 Å². The molecule has 1 aromatic heterocycles. The molecule has 9 heteroatoms. The van der Waals surface area contributed by atoms with Crippen LogP contribution in [0.1, 0.15) is 11.4 Å². The fourth-order valence-electron chi connectivity index (χ4n) is 1.48. The number of nitriles is 1. The van der Waals surface area contributed by atoms with E-state index in [2.05, 4.69) is 15.3 Å². The molecule has 2 rings (SSSR count). The molecule has 2 aromatic rings. The Balaban J connectivity index is 2.36. The van der Waals surface area contributed by atoms with Gasteiger partial charge < -0.3 is 11.1 Å². The van der Waals surface area contributed by atoms with Crippen molar-refractivity contribution in [3.63, 3.8) is 0 Å². The van der Waals surface area contributed by atoms with Crippen molar-refractivity contribution >= 4 is 17.3 Å². The van der Waals surface area contributed by atoms with E-state index in [9.17, 15) is 17.6 Å². The van der Waals surface area contributed by atoms with Crippen LogP contribution in [0, 0.1) is 17.1 Å². The second kappa shape index (κ2) is 5.24. The number of benzene rings is 1. The predicted molar refractivity (Wildman–Crippen MR) is 65.8 cm³/mol. The monoisotopic (exact) mass is 297 g/mol. The molecule has 0 amide bonds. The molecule has 5 nitrogen and oxygen atoms in total. The van der Waals surface area contributed by atoms with E-state index in [1.807, 2.05) is 0 Å². The number of aromatic nitrogens is 2. The maximum Gasteiger partial charge on any atom is 0.451 e. The number of hydrogen-bond acceptors (Lipinski definition) is 5.